The van der Waals surface area contributed by atoms with E-state index >= 15 is 0 Å². The Morgan fingerprint density at radius 3 is 2.38 bits per heavy atom. The third-order valence-electron chi connectivity index (χ3n) is 5.22. The smallest absolute Gasteiger partial charge is 0.258 e. The number of pyridine rings is 1. The first-order valence-corrected chi connectivity index (χ1v) is 8.76. The number of fused-ring (bicyclic) bond motifs is 1. The molecule has 0 saturated carbocycles. The van der Waals surface area contributed by atoms with Gasteiger partial charge in [-0.25, -0.2) is 4.98 Å². The summed E-state index contributed by atoms with van der Waals surface area (Å²) < 4.78 is 23.8. The molecule has 0 bridgehead atoms. The molecule has 136 valence electrons. The summed E-state index contributed by atoms with van der Waals surface area (Å²) in [5.74, 6) is 0.467. The summed E-state index contributed by atoms with van der Waals surface area (Å²) >= 11 is 0. The molecular weight excluding hydrogens is 330 g/mol. The number of hydrogen-bond donors (Lipinski definition) is 0. The van der Waals surface area contributed by atoms with Crippen LogP contribution in [0.15, 0.2) is 53.3 Å². The van der Waals surface area contributed by atoms with Crippen LogP contribution in [0.3, 0.4) is 0 Å². The van der Waals surface area contributed by atoms with Gasteiger partial charge in [-0.15, -0.1) is 0 Å². The Hall–Kier alpha value is -2.37. The van der Waals surface area contributed by atoms with E-state index in [9.17, 15) is 0 Å². The number of rotatable bonds is 4. The monoisotopic (exact) mass is 353 g/mol. The van der Waals surface area contributed by atoms with Crippen molar-refractivity contribution in [3.8, 4) is 5.88 Å². The van der Waals surface area contributed by atoms with E-state index in [1.807, 2.05) is 64.1 Å². The van der Waals surface area contributed by atoms with Gasteiger partial charge in [0.1, 0.15) is 6.61 Å². The molecule has 1 aromatic carbocycles. The van der Waals surface area contributed by atoms with Gasteiger partial charge in [0.25, 0.3) is 5.88 Å². The van der Waals surface area contributed by atoms with Crippen LogP contribution in [0.25, 0.3) is 11.0 Å². The molecule has 0 unspecified atom stereocenters. The zero-order valence-corrected chi connectivity index (χ0v) is 15.5. The minimum atomic E-state index is -0.490. The molecule has 0 spiro atoms. The average molecular weight is 353 g/mol. The highest BCUT2D eigenvalue weighted by Crippen LogP contribution is 2.46. The number of nitrogens with zero attached hydrogens (tertiary/aromatic N) is 1. The molecule has 0 N–H and O–H groups in total. The molecule has 3 aromatic rings. The van der Waals surface area contributed by atoms with Crippen molar-refractivity contribution in [2.24, 2.45) is 0 Å². The van der Waals surface area contributed by atoms with E-state index in [0.29, 0.717) is 18.1 Å². The fourth-order valence-corrected chi connectivity index (χ4v) is 2.95. The van der Waals surface area contributed by atoms with Crippen molar-refractivity contribution in [1.82, 2.24) is 4.98 Å². The Kier molecular flexibility index (Phi) is 4.01. The van der Waals surface area contributed by atoms with Crippen LogP contribution < -0.4 is 4.74 Å². The maximum absolute atomic E-state index is 6.15. The summed E-state index contributed by atoms with van der Waals surface area (Å²) in [5.41, 5.74) is 1.71. The standard InChI is InChI=1S/C21H23NO4/c1-20(2)21(3,4)26-19(25-20)16-12-22-18(17-15(16)10-11-23-17)24-13-14-8-6-5-7-9-14/h5-12,19H,13H2,1-4H3. The molecule has 0 atom stereocenters. The molecule has 1 fully saturated rings. The van der Waals surface area contributed by atoms with E-state index in [1.54, 1.807) is 12.5 Å². The molecule has 2 aromatic heterocycles. The lowest BCUT2D eigenvalue weighted by molar-refractivity contribution is -0.0888. The number of furan rings is 1. The normalized spacial score (nSPS) is 19.1. The van der Waals surface area contributed by atoms with E-state index in [2.05, 4.69) is 4.98 Å². The second-order valence-corrected chi connectivity index (χ2v) is 7.54. The molecule has 1 aliphatic rings. The average Bonchev–Trinajstić information content (AvgIpc) is 3.16. The molecule has 4 rings (SSSR count). The van der Waals surface area contributed by atoms with Gasteiger partial charge in [0.2, 0.25) is 0 Å². The lowest BCUT2D eigenvalue weighted by atomic mass is 9.90. The summed E-state index contributed by atoms with van der Waals surface area (Å²) in [6, 6.07) is 11.9. The Morgan fingerprint density at radius 2 is 1.69 bits per heavy atom. The molecule has 0 radical (unpaired) electrons. The predicted octanol–water partition coefficient (Wildman–Crippen LogP) is 5.01. The van der Waals surface area contributed by atoms with Gasteiger partial charge < -0.3 is 18.6 Å². The summed E-state index contributed by atoms with van der Waals surface area (Å²) in [6.07, 6.45) is 2.90. The second kappa shape index (κ2) is 6.11. The van der Waals surface area contributed by atoms with Crippen molar-refractivity contribution in [2.45, 2.75) is 51.8 Å². The van der Waals surface area contributed by atoms with Crippen molar-refractivity contribution in [2.75, 3.05) is 0 Å². The van der Waals surface area contributed by atoms with Crippen molar-refractivity contribution >= 4 is 11.0 Å². The van der Waals surface area contributed by atoms with Crippen molar-refractivity contribution in [3.63, 3.8) is 0 Å². The van der Waals surface area contributed by atoms with Crippen LogP contribution in [0.4, 0.5) is 0 Å². The fraction of sp³-hybridized carbons (Fsp3) is 0.381. The molecule has 5 nitrogen and oxygen atoms in total. The first kappa shape index (κ1) is 17.1. The van der Waals surface area contributed by atoms with Crippen molar-refractivity contribution < 1.29 is 18.6 Å². The summed E-state index contributed by atoms with van der Waals surface area (Å²) in [6.45, 7) is 8.56. The Morgan fingerprint density at radius 1 is 1.00 bits per heavy atom. The second-order valence-electron chi connectivity index (χ2n) is 7.54. The minimum Gasteiger partial charge on any atom is -0.470 e. The first-order chi connectivity index (χ1) is 12.4. The quantitative estimate of drug-likeness (QED) is 0.660. The topological polar surface area (TPSA) is 53.7 Å². The van der Waals surface area contributed by atoms with Gasteiger partial charge in [-0.05, 0) is 39.3 Å². The molecule has 26 heavy (non-hydrogen) atoms. The van der Waals surface area contributed by atoms with Crippen LogP contribution in [0.2, 0.25) is 0 Å². The predicted molar refractivity (Wildman–Crippen MR) is 97.9 cm³/mol. The van der Waals surface area contributed by atoms with Crippen molar-refractivity contribution in [3.05, 3.63) is 60.0 Å². The van der Waals surface area contributed by atoms with Crippen molar-refractivity contribution in [1.29, 1.82) is 0 Å². The Bertz CT molecular complexity index is 898. The number of benzene rings is 1. The van der Waals surface area contributed by atoms with E-state index in [4.69, 9.17) is 18.6 Å². The largest absolute Gasteiger partial charge is 0.470 e. The van der Waals surface area contributed by atoms with Gasteiger partial charge in [0.15, 0.2) is 11.9 Å². The van der Waals surface area contributed by atoms with Gasteiger partial charge >= 0.3 is 0 Å². The third kappa shape index (κ3) is 2.87. The minimum absolute atomic E-state index is 0.407. The maximum Gasteiger partial charge on any atom is 0.258 e. The molecule has 5 heteroatoms. The Balaban J connectivity index is 1.62. The molecule has 1 saturated heterocycles. The van der Waals surface area contributed by atoms with E-state index < -0.39 is 17.5 Å². The highest BCUT2D eigenvalue weighted by molar-refractivity contribution is 5.84. The molecule has 0 amide bonds. The fourth-order valence-electron chi connectivity index (χ4n) is 2.95. The third-order valence-corrected chi connectivity index (χ3v) is 5.22. The van der Waals surface area contributed by atoms with Crippen LogP contribution >= 0.6 is 0 Å². The maximum atomic E-state index is 6.15. The lowest BCUT2D eigenvalue weighted by Crippen LogP contribution is -2.41. The molecule has 0 aliphatic carbocycles. The van der Waals surface area contributed by atoms with E-state index in [1.165, 1.54) is 0 Å². The number of aromatic nitrogens is 1. The van der Waals surface area contributed by atoms with Gasteiger partial charge in [-0.3, -0.25) is 0 Å². The highest BCUT2D eigenvalue weighted by atomic mass is 16.7. The summed E-state index contributed by atoms with van der Waals surface area (Å²) in [5, 5.41) is 0.890. The molecule has 1 aliphatic heterocycles. The van der Waals surface area contributed by atoms with Gasteiger partial charge in [0, 0.05) is 17.1 Å². The summed E-state index contributed by atoms with van der Waals surface area (Å²) in [4.78, 5) is 4.46. The molecular formula is C21H23NO4. The van der Waals surface area contributed by atoms with Gasteiger partial charge in [-0.1, -0.05) is 30.3 Å². The zero-order chi connectivity index (χ0) is 18.4. The molecule has 3 heterocycles. The lowest BCUT2D eigenvalue weighted by Gasteiger charge is -2.30. The van der Waals surface area contributed by atoms with Gasteiger partial charge in [-0.2, -0.15) is 0 Å². The zero-order valence-electron chi connectivity index (χ0n) is 15.5. The highest BCUT2D eigenvalue weighted by Gasteiger charge is 2.50. The van der Waals surface area contributed by atoms with E-state index in [0.717, 1.165) is 16.5 Å². The first-order valence-electron chi connectivity index (χ1n) is 8.76. The van der Waals surface area contributed by atoms with Gasteiger partial charge in [0.05, 0.1) is 17.5 Å². The SMILES string of the molecule is CC1(C)OC(c2cnc(OCc3ccccc3)c3occc23)OC1(C)C. The summed E-state index contributed by atoms with van der Waals surface area (Å²) in [7, 11) is 0. The van der Waals surface area contributed by atoms with Crippen LogP contribution in [0, 0.1) is 0 Å². The van der Waals surface area contributed by atoms with Crippen LogP contribution in [0.5, 0.6) is 5.88 Å². The van der Waals surface area contributed by atoms with E-state index in [-0.39, 0.29) is 0 Å². The van der Waals surface area contributed by atoms with Crippen LogP contribution in [-0.2, 0) is 16.1 Å². The number of ether oxygens (including phenoxy) is 3. The Labute approximate surface area is 152 Å². The van der Waals surface area contributed by atoms with Crippen LogP contribution in [0.1, 0.15) is 45.1 Å². The number of hydrogen-bond acceptors (Lipinski definition) is 5. The van der Waals surface area contributed by atoms with Crippen LogP contribution in [-0.4, -0.2) is 16.2 Å².